The molecule has 4 rings (SSSR count). The van der Waals surface area contributed by atoms with Crippen LogP contribution in [0.3, 0.4) is 0 Å². The maximum absolute atomic E-state index is 12.8. The van der Waals surface area contributed by atoms with E-state index in [9.17, 15) is 14.7 Å². The van der Waals surface area contributed by atoms with Crippen molar-refractivity contribution < 1.29 is 24.2 Å². The summed E-state index contributed by atoms with van der Waals surface area (Å²) < 4.78 is 11.0. The van der Waals surface area contributed by atoms with Crippen molar-refractivity contribution in [3.8, 4) is 5.75 Å². The van der Waals surface area contributed by atoms with E-state index in [-0.39, 0.29) is 5.91 Å². The molecule has 0 saturated carbocycles. The predicted octanol–water partition coefficient (Wildman–Crippen LogP) is 1.07. The van der Waals surface area contributed by atoms with Gasteiger partial charge in [0.25, 0.3) is 0 Å². The van der Waals surface area contributed by atoms with Crippen LogP contribution < -0.4 is 9.64 Å². The molecule has 3 heterocycles. The highest BCUT2D eigenvalue weighted by molar-refractivity contribution is 6.02. The molecular formula is C16H15NO5. The Morgan fingerprint density at radius 2 is 2.14 bits per heavy atom. The van der Waals surface area contributed by atoms with E-state index in [0.29, 0.717) is 12.3 Å². The van der Waals surface area contributed by atoms with Crippen LogP contribution in [-0.2, 0) is 14.3 Å². The van der Waals surface area contributed by atoms with Crippen LogP contribution in [0.1, 0.15) is 0 Å². The Morgan fingerprint density at radius 1 is 1.41 bits per heavy atom. The summed E-state index contributed by atoms with van der Waals surface area (Å²) in [6.45, 7) is 0.347. The number of benzene rings is 1. The maximum Gasteiger partial charge on any atom is 0.310 e. The number of fused-ring (bicyclic) bond motifs is 1. The van der Waals surface area contributed by atoms with Crippen LogP contribution in [0.25, 0.3) is 0 Å². The molecule has 1 N–H and O–H groups in total. The molecule has 3 aliphatic heterocycles. The Bertz CT molecular complexity index is 682. The van der Waals surface area contributed by atoms with Crippen molar-refractivity contribution in [1.29, 1.82) is 0 Å². The zero-order chi connectivity index (χ0) is 15.5. The van der Waals surface area contributed by atoms with Crippen molar-refractivity contribution in [2.24, 2.45) is 11.8 Å². The Labute approximate surface area is 126 Å². The molecular weight excluding hydrogens is 286 g/mol. The van der Waals surface area contributed by atoms with Crippen LogP contribution in [0.5, 0.6) is 5.75 Å². The summed E-state index contributed by atoms with van der Waals surface area (Å²) in [7, 11) is 1.58. The minimum Gasteiger partial charge on any atom is -0.497 e. The number of hydrogen-bond donors (Lipinski definition) is 1. The van der Waals surface area contributed by atoms with Crippen molar-refractivity contribution in [2.75, 3.05) is 18.6 Å². The van der Waals surface area contributed by atoms with E-state index in [1.54, 1.807) is 42.4 Å². The van der Waals surface area contributed by atoms with Gasteiger partial charge < -0.3 is 19.5 Å². The molecule has 0 radical (unpaired) electrons. The second kappa shape index (κ2) is 4.33. The minimum atomic E-state index is -0.980. The lowest BCUT2D eigenvalue weighted by molar-refractivity contribution is -0.146. The molecule has 1 amide bonds. The first-order chi connectivity index (χ1) is 10.6. The van der Waals surface area contributed by atoms with Gasteiger partial charge in [-0.1, -0.05) is 12.2 Å². The highest BCUT2D eigenvalue weighted by atomic mass is 16.5. The maximum atomic E-state index is 12.8. The van der Waals surface area contributed by atoms with E-state index in [4.69, 9.17) is 9.47 Å². The fourth-order valence-corrected chi connectivity index (χ4v) is 3.76. The van der Waals surface area contributed by atoms with Gasteiger partial charge in [0, 0.05) is 5.69 Å². The molecule has 3 aliphatic rings. The second-order valence-corrected chi connectivity index (χ2v) is 5.86. The highest BCUT2D eigenvalue weighted by Gasteiger charge is 2.67. The number of rotatable bonds is 3. The Balaban J connectivity index is 1.70. The van der Waals surface area contributed by atoms with Crippen LogP contribution in [0.15, 0.2) is 36.4 Å². The third-order valence-corrected chi connectivity index (χ3v) is 4.77. The number of ether oxygens (including phenoxy) is 2. The lowest BCUT2D eigenvalue weighted by Gasteiger charge is -2.21. The number of hydrogen-bond acceptors (Lipinski definition) is 4. The normalized spacial score (nSPS) is 35.0. The smallest absolute Gasteiger partial charge is 0.310 e. The van der Waals surface area contributed by atoms with Gasteiger partial charge in [0.1, 0.15) is 17.3 Å². The third kappa shape index (κ3) is 1.58. The summed E-state index contributed by atoms with van der Waals surface area (Å²) >= 11 is 0. The topological polar surface area (TPSA) is 76.1 Å². The van der Waals surface area contributed by atoms with E-state index in [1.165, 1.54) is 0 Å². The molecule has 6 heteroatoms. The summed E-state index contributed by atoms with van der Waals surface area (Å²) in [6, 6.07) is 7.13. The van der Waals surface area contributed by atoms with Crippen molar-refractivity contribution in [3.05, 3.63) is 36.4 Å². The van der Waals surface area contributed by atoms with Gasteiger partial charge in [0.15, 0.2) is 0 Å². The second-order valence-electron chi connectivity index (χ2n) is 5.86. The van der Waals surface area contributed by atoms with Gasteiger partial charge in [-0.3, -0.25) is 9.59 Å². The molecule has 2 saturated heterocycles. The van der Waals surface area contributed by atoms with E-state index < -0.39 is 29.5 Å². The van der Waals surface area contributed by atoms with Gasteiger partial charge in [0.05, 0.1) is 25.7 Å². The molecule has 0 aromatic heterocycles. The molecule has 2 bridgehead atoms. The SMILES string of the molecule is COc1ccc(N2C[C@@]34C=C[C@@H](O3)[C@@H](C(=O)O)[C@@H]4C2=O)cc1. The van der Waals surface area contributed by atoms with Gasteiger partial charge in [-0.2, -0.15) is 0 Å². The van der Waals surface area contributed by atoms with Crippen LogP contribution >= 0.6 is 0 Å². The largest absolute Gasteiger partial charge is 0.497 e. The van der Waals surface area contributed by atoms with Crippen molar-refractivity contribution in [3.63, 3.8) is 0 Å². The first-order valence-electron chi connectivity index (χ1n) is 7.11. The van der Waals surface area contributed by atoms with Crippen LogP contribution in [0.4, 0.5) is 5.69 Å². The molecule has 1 aromatic carbocycles. The molecule has 4 atom stereocenters. The number of carbonyl (C=O) groups is 2. The molecule has 1 spiro atoms. The van der Waals surface area contributed by atoms with Crippen LogP contribution in [-0.4, -0.2) is 42.3 Å². The number of nitrogens with zero attached hydrogens (tertiary/aromatic N) is 1. The summed E-state index contributed by atoms with van der Waals surface area (Å²) in [5, 5.41) is 9.42. The van der Waals surface area contributed by atoms with Gasteiger partial charge >= 0.3 is 5.97 Å². The fraction of sp³-hybridized carbons (Fsp3) is 0.375. The number of aliphatic carboxylic acids is 1. The van der Waals surface area contributed by atoms with Gasteiger partial charge in [0.2, 0.25) is 5.91 Å². The minimum absolute atomic E-state index is 0.190. The zero-order valence-electron chi connectivity index (χ0n) is 11.9. The number of carboxylic acid groups (broad SMARTS) is 1. The first kappa shape index (κ1) is 13.3. The number of amides is 1. The molecule has 114 valence electrons. The predicted molar refractivity (Wildman–Crippen MR) is 76.7 cm³/mol. The van der Waals surface area contributed by atoms with E-state index >= 15 is 0 Å². The molecule has 6 nitrogen and oxygen atoms in total. The zero-order valence-corrected chi connectivity index (χ0v) is 11.9. The fourth-order valence-electron chi connectivity index (χ4n) is 3.76. The number of carbonyl (C=O) groups excluding carboxylic acids is 1. The standard InChI is InChI=1S/C16H15NO5/c1-21-10-4-2-9(3-5-10)17-8-16-7-6-11(22-16)12(15(19)20)13(16)14(17)18/h2-7,11-13H,8H2,1H3,(H,19,20)/t11-,12-,13-,16-/m1/s1. The highest BCUT2D eigenvalue weighted by Crippen LogP contribution is 2.52. The monoisotopic (exact) mass is 301 g/mol. The Kier molecular flexibility index (Phi) is 2.62. The molecule has 22 heavy (non-hydrogen) atoms. The number of carboxylic acids is 1. The van der Waals surface area contributed by atoms with Gasteiger partial charge in [-0.25, -0.2) is 0 Å². The molecule has 2 fully saturated rings. The molecule has 1 aromatic rings. The summed E-state index contributed by atoms with van der Waals surface area (Å²) in [4.78, 5) is 25.9. The molecule has 0 aliphatic carbocycles. The van der Waals surface area contributed by atoms with Crippen molar-refractivity contribution in [1.82, 2.24) is 0 Å². The summed E-state index contributed by atoms with van der Waals surface area (Å²) in [5.41, 5.74) is -0.0794. The van der Waals surface area contributed by atoms with Crippen LogP contribution in [0, 0.1) is 11.8 Å². The lowest BCUT2D eigenvalue weighted by Crippen LogP contribution is -2.39. The average molecular weight is 301 g/mol. The van der Waals surface area contributed by atoms with E-state index in [1.807, 2.05) is 6.08 Å². The average Bonchev–Trinajstić information content (AvgIpc) is 3.15. The van der Waals surface area contributed by atoms with E-state index in [2.05, 4.69) is 0 Å². The molecule has 0 unspecified atom stereocenters. The quantitative estimate of drug-likeness (QED) is 0.845. The summed E-state index contributed by atoms with van der Waals surface area (Å²) in [5.74, 6) is -1.92. The number of methoxy groups -OCH3 is 1. The lowest BCUT2D eigenvalue weighted by atomic mass is 9.77. The van der Waals surface area contributed by atoms with E-state index in [0.717, 1.165) is 5.69 Å². The van der Waals surface area contributed by atoms with Crippen LogP contribution in [0.2, 0.25) is 0 Å². The third-order valence-electron chi connectivity index (χ3n) is 4.77. The van der Waals surface area contributed by atoms with Crippen molar-refractivity contribution in [2.45, 2.75) is 11.7 Å². The Hall–Kier alpha value is -2.34. The first-order valence-corrected chi connectivity index (χ1v) is 7.11. The van der Waals surface area contributed by atoms with Crippen molar-refractivity contribution >= 4 is 17.6 Å². The van der Waals surface area contributed by atoms with Gasteiger partial charge in [-0.05, 0) is 24.3 Å². The van der Waals surface area contributed by atoms with Gasteiger partial charge in [-0.15, -0.1) is 0 Å². The summed E-state index contributed by atoms with van der Waals surface area (Å²) in [6.07, 6.45) is 3.12. The number of anilines is 1. The Morgan fingerprint density at radius 3 is 2.77 bits per heavy atom.